The lowest BCUT2D eigenvalue weighted by atomic mass is 10.3. The van der Waals surface area contributed by atoms with Crippen molar-refractivity contribution in [1.82, 2.24) is 4.98 Å². The van der Waals surface area contributed by atoms with E-state index in [-0.39, 0.29) is 0 Å². The zero-order chi connectivity index (χ0) is 13.2. The van der Waals surface area contributed by atoms with Crippen LogP contribution in [-0.4, -0.2) is 44.5 Å². The first-order chi connectivity index (χ1) is 8.79. The zero-order valence-electron chi connectivity index (χ0n) is 11.1. The van der Waals surface area contributed by atoms with E-state index >= 15 is 0 Å². The standard InChI is InChI=1S/C13H21BrN2O2/c1-3-17-9-7-16(8-10-18-4-2)13-5-6-15-11-12(13)14/h5-6,11H,3-4,7-10H2,1-2H3. The maximum Gasteiger partial charge on any atom is 0.0641 e. The summed E-state index contributed by atoms with van der Waals surface area (Å²) in [7, 11) is 0. The highest BCUT2D eigenvalue weighted by atomic mass is 79.9. The number of anilines is 1. The Kier molecular flexibility index (Phi) is 7.96. The van der Waals surface area contributed by atoms with Gasteiger partial charge in [0.15, 0.2) is 0 Å². The van der Waals surface area contributed by atoms with Crippen molar-refractivity contribution in [1.29, 1.82) is 0 Å². The highest BCUT2D eigenvalue weighted by Crippen LogP contribution is 2.24. The number of hydrogen-bond acceptors (Lipinski definition) is 4. The van der Waals surface area contributed by atoms with Gasteiger partial charge in [-0.1, -0.05) is 0 Å². The Morgan fingerprint density at radius 3 is 2.28 bits per heavy atom. The van der Waals surface area contributed by atoms with Crippen LogP contribution in [0.15, 0.2) is 22.9 Å². The van der Waals surface area contributed by atoms with E-state index in [1.54, 1.807) is 6.20 Å². The number of nitrogens with zero attached hydrogens (tertiary/aromatic N) is 2. The van der Waals surface area contributed by atoms with E-state index in [2.05, 4.69) is 25.8 Å². The minimum atomic E-state index is 0.720. The van der Waals surface area contributed by atoms with Crippen LogP contribution >= 0.6 is 15.9 Å². The summed E-state index contributed by atoms with van der Waals surface area (Å²) in [5.74, 6) is 0. The molecular weight excluding hydrogens is 296 g/mol. The molecule has 0 unspecified atom stereocenters. The Labute approximate surface area is 117 Å². The summed E-state index contributed by atoms with van der Waals surface area (Å²) in [6.45, 7) is 8.65. The third-order valence-electron chi connectivity index (χ3n) is 2.51. The van der Waals surface area contributed by atoms with Crippen molar-refractivity contribution in [3.05, 3.63) is 22.9 Å². The van der Waals surface area contributed by atoms with Crippen LogP contribution in [0.5, 0.6) is 0 Å². The summed E-state index contributed by atoms with van der Waals surface area (Å²) < 4.78 is 11.8. The van der Waals surface area contributed by atoms with Crippen molar-refractivity contribution in [3.63, 3.8) is 0 Å². The monoisotopic (exact) mass is 316 g/mol. The molecule has 5 heteroatoms. The topological polar surface area (TPSA) is 34.6 Å². The lowest BCUT2D eigenvalue weighted by molar-refractivity contribution is 0.141. The summed E-state index contributed by atoms with van der Waals surface area (Å²) in [6.07, 6.45) is 3.61. The van der Waals surface area contributed by atoms with Gasteiger partial charge in [-0.25, -0.2) is 0 Å². The number of ether oxygens (including phenoxy) is 2. The molecule has 0 N–H and O–H groups in total. The van der Waals surface area contributed by atoms with Gasteiger partial charge in [-0.15, -0.1) is 0 Å². The van der Waals surface area contributed by atoms with E-state index in [0.717, 1.165) is 49.7 Å². The van der Waals surface area contributed by atoms with Gasteiger partial charge in [0.05, 0.1) is 23.4 Å². The molecule has 1 rings (SSSR count). The maximum absolute atomic E-state index is 5.42. The smallest absolute Gasteiger partial charge is 0.0641 e. The SMILES string of the molecule is CCOCCN(CCOCC)c1ccncc1Br. The van der Waals surface area contributed by atoms with Gasteiger partial charge in [-0.05, 0) is 35.8 Å². The normalized spacial score (nSPS) is 10.6. The molecular formula is C13H21BrN2O2. The summed E-state index contributed by atoms with van der Waals surface area (Å²) >= 11 is 3.53. The third-order valence-corrected chi connectivity index (χ3v) is 3.12. The summed E-state index contributed by atoms with van der Waals surface area (Å²) in [5.41, 5.74) is 1.13. The van der Waals surface area contributed by atoms with Gasteiger partial charge >= 0.3 is 0 Å². The first kappa shape index (κ1) is 15.4. The van der Waals surface area contributed by atoms with Crippen LogP contribution in [-0.2, 0) is 9.47 Å². The lowest BCUT2D eigenvalue weighted by Crippen LogP contribution is -2.31. The van der Waals surface area contributed by atoms with E-state index in [0.29, 0.717) is 0 Å². The Morgan fingerprint density at radius 1 is 1.17 bits per heavy atom. The molecule has 0 aliphatic rings. The molecule has 0 fully saturated rings. The minimum Gasteiger partial charge on any atom is -0.380 e. The van der Waals surface area contributed by atoms with Crippen LogP contribution in [0.4, 0.5) is 5.69 Å². The van der Waals surface area contributed by atoms with Crippen molar-refractivity contribution >= 4 is 21.6 Å². The van der Waals surface area contributed by atoms with Crippen LogP contribution in [0, 0.1) is 0 Å². The third kappa shape index (κ3) is 5.33. The molecule has 18 heavy (non-hydrogen) atoms. The predicted octanol–water partition coefficient (Wildman–Crippen LogP) is 2.72. The number of aromatic nitrogens is 1. The second-order valence-corrected chi connectivity index (χ2v) is 4.56. The fraction of sp³-hybridized carbons (Fsp3) is 0.615. The minimum absolute atomic E-state index is 0.720. The van der Waals surface area contributed by atoms with Crippen LogP contribution in [0.2, 0.25) is 0 Å². The number of rotatable bonds is 9. The maximum atomic E-state index is 5.42. The second-order valence-electron chi connectivity index (χ2n) is 3.71. The molecule has 102 valence electrons. The van der Waals surface area contributed by atoms with E-state index in [4.69, 9.17) is 9.47 Å². The first-order valence-electron chi connectivity index (χ1n) is 6.29. The average molecular weight is 317 g/mol. The van der Waals surface area contributed by atoms with Crippen LogP contribution < -0.4 is 4.90 Å². The first-order valence-corrected chi connectivity index (χ1v) is 7.08. The number of halogens is 1. The van der Waals surface area contributed by atoms with Crippen molar-refractivity contribution < 1.29 is 9.47 Å². The van der Waals surface area contributed by atoms with E-state index in [1.165, 1.54) is 0 Å². The molecule has 0 aliphatic carbocycles. The molecule has 1 heterocycles. The largest absolute Gasteiger partial charge is 0.380 e. The molecule has 0 saturated heterocycles. The quantitative estimate of drug-likeness (QED) is 0.656. The van der Waals surface area contributed by atoms with Gasteiger partial charge in [-0.3, -0.25) is 4.98 Å². The second kappa shape index (κ2) is 9.30. The Morgan fingerprint density at radius 2 is 1.78 bits per heavy atom. The molecule has 0 amide bonds. The van der Waals surface area contributed by atoms with Gasteiger partial charge in [0, 0.05) is 38.7 Å². The summed E-state index contributed by atoms with van der Waals surface area (Å²) in [5, 5.41) is 0. The fourth-order valence-corrected chi connectivity index (χ4v) is 2.12. The van der Waals surface area contributed by atoms with Crippen LogP contribution in [0.25, 0.3) is 0 Å². The number of hydrogen-bond donors (Lipinski definition) is 0. The van der Waals surface area contributed by atoms with E-state index in [9.17, 15) is 0 Å². The molecule has 4 nitrogen and oxygen atoms in total. The summed E-state index contributed by atoms with van der Waals surface area (Å²) in [4.78, 5) is 6.33. The Bertz CT molecular complexity index is 327. The van der Waals surface area contributed by atoms with E-state index in [1.807, 2.05) is 26.1 Å². The number of pyridine rings is 1. The molecule has 1 aromatic rings. The van der Waals surface area contributed by atoms with Gasteiger partial charge in [0.25, 0.3) is 0 Å². The molecule has 0 bridgehead atoms. The molecule has 0 spiro atoms. The molecule has 0 aromatic carbocycles. The highest BCUT2D eigenvalue weighted by Gasteiger charge is 2.09. The van der Waals surface area contributed by atoms with Crippen molar-refractivity contribution in [2.75, 3.05) is 44.4 Å². The molecule has 0 saturated carbocycles. The Balaban J connectivity index is 2.60. The molecule has 0 radical (unpaired) electrons. The van der Waals surface area contributed by atoms with Crippen LogP contribution in [0.1, 0.15) is 13.8 Å². The van der Waals surface area contributed by atoms with Crippen molar-refractivity contribution in [2.45, 2.75) is 13.8 Å². The van der Waals surface area contributed by atoms with Crippen molar-refractivity contribution in [3.8, 4) is 0 Å². The summed E-state index contributed by atoms with van der Waals surface area (Å²) in [6, 6.07) is 2.00. The molecule has 1 aromatic heterocycles. The van der Waals surface area contributed by atoms with Crippen molar-refractivity contribution in [2.24, 2.45) is 0 Å². The lowest BCUT2D eigenvalue weighted by Gasteiger charge is -2.25. The van der Waals surface area contributed by atoms with Gasteiger partial charge in [0.2, 0.25) is 0 Å². The predicted molar refractivity (Wildman–Crippen MR) is 77.1 cm³/mol. The highest BCUT2D eigenvalue weighted by molar-refractivity contribution is 9.10. The fourth-order valence-electron chi connectivity index (χ4n) is 1.62. The van der Waals surface area contributed by atoms with E-state index < -0.39 is 0 Å². The van der Waals surface area contributed by atoms with Gasteiger partial charge < -0.3 is 14.4 Å². The molecule has 0 aliphatic heterocycles. The zero-order valence-corrected chi connectivity index (χ0v) is 12.6. The average Bonchev–Trinajstić information content (AvgIpc) is 2.38. The van der Waals surface area contributed by atoms with Gasteiger partial charge in [-0.2, -0.15) is 0 Å². The van der Waals surface area contributed by atoms with Crippen LogP contribution in [0.3, 0.4) is 0 Å². The Hall–Kier alpha value is -0.650. The molecule has 0 atom stereocenters. The van der Waals surface area contributed by atoms with Gasteiger partial charge in [0.1, 0.15) is 0 Å².